The molecule has 4 heteroatoms. The van der Waals surface area contributed by atoms with Gasteiger partial charge < -0.3 is 0 Å². The third-order valence-electron chi connectivity index (χ3n) is 6.14. The van der Waals surface area contributed by atoms with Crippen molar-refractivity contribution >= 4 is 43.6 Å². The Hall–Kier alpha value is -3.92. The second-order valence-corrected chi connectivity index (χ2v) is 8.44. The average Bonchev–Trinajstić information content (AvgIpc) is 2.83. The maximum atomic E-state index is 5.08. The molecule has 31 heavy (non-hydrogen) atoms. The summed E-state index contributed by atoms with van der Waals surface area (Å²) in [5.41, 5.74) is 5.28. The first kappa shape index (κ1) is 17.9. The lowest BCUT2D eigenvalue weighted by Crippen LogP contribution is -2.22. The molecule has 0 spiro atoms. The molecule has 4 nitrogen and oxygen atoms in total. The van der Waals surface area contributed by atoms with E-state index in [1.54, 1.807) is 0 Å². The van der Waals surface area contributed by atoms with Gasteiger partial charge in [-0.1, -0.05) is 48.5 Å². The molecule has 0 aliphatic heterocycles. The van der Waals surface area contributed by atoms with Gasteiger partial charge in [0.25, 0.3) is 0 Å². The van der Waals surface area contributed by atoms with Crippen LogP contribution in [0.5, 0.6) is 0 Å². The van der Waals surface area contributed by atoms with Crippen molar-refractivity contribution in [3.05, 3.63) is 96.6 Å². The number of fused-ring (bicyclic) bond motifs is 6. The van der Waals surface area contributed by atoms with Crippen LogP contribution in [0, 0.1) is 0 Å². The quantitative estimate of drug-likeness (QED) is 0.325. The zero-order chi connectivity index (χ0) is 21.0. The minimum Gasteiger partial charge on any atom is -0.254 e. The van der Waals surface area contributed by atoms with Gasteiger partial charge in [0.2, 0.25) is 0 Å². The van der Waals surface area contributed by atoms with Crippen molar-refractivity contribution in [3.63, 3.8) is 0 Å². The monoisotopic (exact) mass is 400 g/mol. The Morgan fingerprint density at radius 3 is 1.32 bits per heavy atom. The van der Waals surface area contributed by atoms with E-state index in [1.165, 1.54) is 0 Å². The third kappa shape index (κ3) is 2.76. The predicted octanol–water partition coefficient (Wildman–Crippen LogP) is 6.21. The van der Waals surface area contributed by atoms with E-state index in [9.17, 15) is 0 Å². The molecule has 0 N–H and O–H groups in total. The lowest BCUT2D eigenvalue weighted by atomic mass is 9.84. The molecule has 0 bridgehead atoms. The Bertz CT molecular complexity index is 1500. The van der Waals surface area contributed by atoms with Crippen LogP contribution in [-0.4, -0.2) is 19.9 Å². The van der Waals surface area contributed by atoms with Crippen LogP contribution in [0.1, 0.15) is 25.2 Å². The molecule has 4 heterocycles. The van der Waals surface area contributed by atoms with Crippen molar-refractivity contribution in [2.75, 3.05) is 0 Å². The van der Waals surface area contributed by atoms with Crippen LogP contribution in [0.25, 0.3) is 43.6 Å². The van der Waals surface area contributed by atoms with Crippen molar-refractivity contribution in [1.29, 1.82) is 0 Å². The van der Waals surface area contributed by atoms with Crippen molar-refractivity contribution in [3.8, 4) is 0 Å². The van der Waals surface area contributed by atoms with Crippen LogP contribution in [0.2, 0.25) is 0 Å². The first-order chi connectivity index (χ1) is 15.1. The number of pyridine rings is 4. The lowest BCUT2D eigenvalue weighted by Gasteiger charge is -2.24. The van der Waals surface area contributed by atoms with Gasteiger partial charge in [-0.3, -0.25) is 9.97 Å². The maximum Gasteiger partial charge on any atom is 0.0968 e. The summed E-state index contributed by atoms with van der Waals surface area (Å²) in [7, 11) is 0. The molecule has 0 fully saturated rings. The second-order valence-electron chi connectivity index (χ2n) is 8.44. The molecule has 0 saturated heterocycles. The zero-order valence-electron chi connectivity index (χ0n) is 17.4. The van der Waals surface area contributed by atoms with Crippen molar-refractivity contribution < 1.29 is 0 Å². The lowest BCUT2D eigenvalue weighted by molar-refractivity contribution is 0.601. The van der Waals surface area contributed by atoms with E-state index in [4.69, 9.17) is 9.97 Å². The van der Waals surface area contributed by atoms with E-state index >= 15 is 0 Å². The number of rotatable bonds is 2. The summed E-state index contributed by atoms with van der Waals surface area (Å²) < 4.78 is 0. The average molecular weight is 400 g/mol. The molecule has 0 saturated carbocycles. The van der Waals surface area contributed by atoms with Gasteiger partial charge in [-0.05, 0) is 38.1 Å². The normalized spacial score (nSPS) is 12.2. The van der Waals surface area contributed by atoms with Gasteiger partial charge in [0.05, 0.1) is 33.5 Å². The van der Waals surface area contributed by atoms with E-state index in [-0.39, 0.29) is 5.41 Å². The van der Waals surface area contributed by atoms with Crippen LogP contribution in [-0.2, 0) is 5.41 Å². The minimum atomic E-state index is -0.379. The first-order valence-electron chi connectivity index (χ1n) is 10.4. The molecule has 0 atom stereocenters. The van der Waals surface area contributed by atoms with Crippen LogP contribution < -0.4 is 0 Å². The molecule has 4 aromatic heterocycles. The first-order valence-corrected chi connectivity index (χ1v) is 10.4. The van der Waals surface area contributed by atoms with E-state index in [2.05, 4.69) is 84.5 Å². The van der Waals surface area contributed by atoms with Crippen molar-refractivity contribution in [1.82, 2.24) is 19.9 Å². The van der Waals surface area contributed by atoms with Crippen molar-refractivity contribution in [2.24, 2.45) is 0 Å². The standard InChI is InChI=1S/C27H20N4/c1-27(2,21-13-11-19-9-7-17-5-3-15-28-23(17)25(19)30-21)22-14-12-20-10-8-18-6-4-16-29-24(18)26(20)31-22/h3-16H,1-2H3. The highest BCUT2D eigenvalue weighted by molar-refractivity contribution is 6.03. The second kappa shape index (κ2) is 6.54. The van der Waals surface area contributed by atoms with Crippen LogP contribution >= 0.6 is 0 Å². The van der Waals surface area contributed by atoms with Gasteiger partial charge in [-0.2, -0.15) is 0 Å². The molecule has 0 aliphatic carbocycles. The molecule has 2 aromatic carbocycles. The fourth-order valence-electron chi connectivity index (χ4n) is 4.27. The maximum absolute atomic E-state index is 5.08. The Morgan fingerprint density at radius 1 is 0.484 bits per heavy atom. The number of aromatic nitrogens is 4. The smallest absolute Gasteiger partial charge is 0.0968 e. The molecule has 0 radical (unpaired) electrons. The van der Waals surface area contributed by atoms with Gasteiger partial charge in [0, 0.05) is 39.4 Å². The largest absolute Gasteiger partial charge is 0.254 e. The Labute approximate surface area is 179 Å². The number of nitrogens with zero attached hydrogens (tertiary/aromatic N) is 4. The van der Waals surface area contributed by atoms with E-state index in [0.29, 0.717) is 0 Å². The fourth-order valence-corrected chi connectivity index (χ4v) is 4.27. The summed E-state index contributed by atoms with van der Waals surface area (Å²) in [4.78, 5) is 19.3. The highest BCUT2D eigenvalue weighted by atomic mass is 14.8. The predicted molar refractivity (Wildman–Crippen MR) is 126 cm³/mol. The van der Waals surface area contributed by atoms with Gasteiger partial charge in [0.1, 0.15) is 0 Å². The van der Waals surface area contributed by atoms with Gasteiger partial charge in [-0.15, -0.1) is 0 Å². The summed E-state index contributed by atoms with van der Waals surface area (Å²) in [6, 6.07) is 24.9. The summed E-state index contributed by atoms with van der Waals surface area (Å²) in [6.45, 7) is 4.35. The summed E-state index contributed by atoms with van der Waals surface area (Å²) >= 11 is 0. The Morgan fingerprint density at radius 2 is 0.871 bits per heavy atom. The van der Waals surface area contributed by atoms with Crippen LogP contribution in [0.4, 0.5) is 0 Å². The highest BCUT2D eigenvalue weighted by Gasteiger charge is 2.27. The third-order valence-corrected chi connectivity index (χ3v) is 6.14. The van der Waals surface area contributed by atoms with Gasteiger partial charge in [-0.25, -0.2) is 9.97 Å². The minimum absolute atomic E-state index is 0.379. The molecule has 6 aromatic rings. The molecular formula is C27H20N4. The van der Waals surface area contributed by atoms with E-state index < -0.39 is 0 Å². The SMILES string of the molecule is CC(C)(c1ccc2ccc3cccnc3c2n1)c1ccc2ccc3cccnc3c2n1. The molecular weight excluding hydrogens is 380 g/mol. The van der Waals surface area contributed by atoms with Crippen LogP contribution in [0.3, 0.4) is 0 Å². The highest BCUT2D eigenvalue weighted by Crippen LogP contribution is 2.33. The van der Waals surface area contributed by atoms with Gasteiger partial charge in [0.15, 0.2) is 0 Å². The molecule has 0 amide bonds. The molecule has 148 valence electrons. The Kier molecular flexibility index (Phi) is 3.78. The Balaban J connectivity index is 1.57. The van der Waals surface area contributed by atoms with E-state index in [1.807, 2.05) is 24.5 Å². The molecule has 0 aliphatic rings. The van der Waals surface area contributed by atoms with E-state index in [0.717, 1.165) is 55.0 Å². The van der Waals surface area contributed by atoms with Gasteiger partial charge >= 0.3 is 0 Å². The number of hydrogen-bond donors (Lipinski definition) is 0. The zero-order valence-corrected chi connectivity index (χ0v) is 17.4. The van der Waals surface area contributed by atoms with Crippen LogP contribution in [0.15, 0.2) is 85.2 Å². The number of benzene rings is 2. The molecule has 6 rings (SSSR count). The van der Waals surface area contributed by atoms with Crippen molar-refractivity contribution in [2.45, 2.75) is 19.3 Å². The summed E-state index contributed by atoms with van der Waals surface area (Å²) in [5.74, 6) is 0. The summed E-state index contributed by atoms with van der Waals surface area (Å²) in [6.07, 6.45) is 3.65. The number of hydrogen-bond acceptors (Lipinski definition) is 4. The molecule has 0 unspecified atom stereocenters. The fraction of sp³-hybridized carbons (Fsp3) is 0.111. The topological polar surface area (TPSA) is 51.6 Å². The summed E-state index contributed by atoms with van der Waals surface area (Å²) in [5, 5.41) is 4.37.